The summed E-state index contributed by atoms with van der Waals surface area (Å²) < 4.78 is 10.8. The number of nitrogens with zero attached hydrogens (tertiary/aromatic N) is 1. The van der Waals surface area contributed by atoms with Crippen LogP contribution >= 0.6 is 23.2 Å². The fraction of sp³-hybridized carbons (Fsp3) is 0.0769. The summed E-state index contributed by atoms with van der Waals surface area (Å²) in [5.41, 5.74) is 3.54. The van der Waals surface area contributed by atoms with Crippen LogP contribution < -0.4 is 25.5 Å². The lowest BCUT2D eigenvalue weighted by Gasteiger charge is -2.10. The van der Waals surface area contributed by atoms with Gasteiger partial charge in [-0.15, -0.1) is 0 Å². The van der Waals surface area contributed by atoms with Gasteiger partial charge in [0.15, 0.2) is 6.61 Å². The molecule has 0 aromatic heterocycles. The molecule has 3 amide bonds. The van der Waals surface area contributed by atoms with Gasteiger partial charge in [0.25, 0.3) is 5.91 Å². The van der Waals surface area contributed by atoms with E-state index in [-0.39, 0.29) is 17.4 Å². The van der Waals surface area contributed by atoms with Crippen LogP contribution in [-0.4, -0.2) is 37.1 Å². The first-order valence-electron chi connectivity index (χ1n) is 10.8. The molecule has 37 heavy (non-hydrogen) atoms. The summed E-state index contributed by atoms with van der Waals surface area (Å²) >= 11 is 12.2. The average molecular weight is 541 g/mol. The maximum absolute atomic E-state index is 12.1. The van der Waals surface area contributed by atoms with Crippen molar-refractivity contribution in [1.82, 2.24) is 5.43 Å². The van der Waals surface area contributed by atoms with Crippen LogP contribution in [0.25, 0.3) is 0 Å². The molecule has 3 aromatic rings. The van der Waals surface area contributed by atoms with Gasteiger partial charge in [0.1, 0.15) is 18.1 Å². The molecule has 0 fully saturated rings. The molecule has 0 atom stereocenters. The number of hydrogen-bond donors (Lipinski definition) is 3. The Labute approximate surface area is 223 Å². The molecular formula is C26H22Cl2N4O5. The van der Waals surface area contributed by atoms with E-state index in [1.807, 2.05) is 0 Å². The molecule has 0 aliphatic rings. The number of para-hydroxylation sites is 1. The Morgan fingerprint density at radius 1 is 0.892 bits per heavy atom. The van der Waals surface area contributed by atoms with Gasteiger partial charge in [-0.3, -0.25) is 14.4 Å². The van der Waals surface area contributed by atoms with Crippen molar-refractivity contribution in [1.29, 1.82) is 0 Å². The standard InChI is InChI=1S/C26H22Cl2N4O5/c1-2-13-36-19-10-8-18(9-11-19)30-25(34)26(35)32-29-15-17-7-12-23(21(28)14-17)37-16-24(33)31-22-6-4-3-5-20(22)27/h2-12,14-15H,1,13,16H2,(H,30,34)(H,31,33)(H,32,35)/b29-15-. The number of anilines is 2. The molecule has 0 spiro atoms. The molecule has 3 aromatic carbocycles. The summed E-state index contributed by atoms with van der Waals surface area (Å²) in [7, 11) is 0. The molecule has 9 nitrogen and oxygen atoms in total. The Balaban J connectivity index is 1.46. The fourth-order valence-corrected chi connectivity index (χ4v) is 3.23. The topological polar surface area (TPSA) is 118 Å². The number of halogens is 2. The zero-order chi connectivity index (χ0) is 26.6. The molecule has 3 N–H and O–H groups in total. The van der Waals surface area contributed by atoms with E-state index in [2.05, 4.69) is 27.7 Å². The van der Waals surface area contributed by atoms with E-state index in [0.29, 0.717) is 34.3 Å². The van der Waals surface area contributed by atoms with Crippen molar-refractivity contribution in [3.8, 4) is 11.5 Å². The molecule has 3 rings (SSSR count). The van der Waals surface area contributed by atoms with Gasteiger partial charge in [0.2, 0.25) is 0 Å². The van der Waals surface area contributed by atoms with Gasteiger partial charge >= 0.3 is 11.8 Å². The van der Waals surface area contributed by atoms with Crippen LogP contribution in [0.15, 0.2) is 84.5 Å². The number of amides is 3. The Hall–Kier alpha value is -4.34. The highest BCUT2D eigenvalue weighted by Gasteiger charge is 2.13. The summed E-state index contributed by atoms with van der Waals surface area (Å²) in [5.74, 6) is -1.39. The predicted molar refractivity (Wildman–Crippen MR) is 144 cm³/mol. The lowest BCUT2D eigenvalue weighted by atomic mass is 10.2. The third kappa shape index (κ3) is 8.68. The zero-order valence-corrected chi connectivity index (χ0v) is 20.9. The minimum absolute atomic E-state index is 0.221. The van der Waals surface area contributed by atoms with Crippen LogP contribution in [0.1, 0.15) is 5.56 Å². The first-order chi connectivity index (χ1) is 17.9. The van der Waals surface area contributed by atoms with E-state index in [1.165, 1.54) is 12.3 Å². The second kappa shape index (κ2) is 13.7. The second-order valence-electron chi connectivity index (χ2n) is 7.28. The number of nitrogens with one attached hydrogen (secondary N) is 3. The number of carbonyl (C=O) groups is 3. The third-order valence-electron chi connectivity index (χ3n) is 4.53. The molecule has 0 aliphatic heterocycles. The van der Waals surface area contributed by atoms with Crippen LogP contribution in [0.5, 0.6) is 11.5 Å². The first-order valence-corrected chi connectivity index (χ1v) is 11.6. The summed E-state index contributed by atoms with van der Waals surface area (Å²) in [5, 5.41) is 9.49. The van der Waals surface area contributed by atoms with Crippen LogP contribution in [0.2, 0.25) is 10.0 Å². The van der Waals surface area contributed by atoms with Gasteiger partial charge in [-0.05, 0) is 60.2 Å². The molecule has 0 aliphatic carbocycles. The lowest BCUT2D eigenvalue weighted by Crippen LogP contribution is -2.32. The van der Waals surface area contributed by atoms with E-state index >= 15 is 0 Å². The lowest BCUT2D eigenvalue weighted by molar-refractivity contribution is -0.136. The Morgan fingerprint density at radius 3 is 2.35 bits per heavy atom. The number of benzene rings is 3. The molecule has 0 radical (unpaired) electrons. The van der Waals surface area contributed by atoms with Crippen LogP contribution in [0.3, 0.4) is 0 Å². The molecule has 0 saturated heterocycles. The van der Waals surface area contributed by atoms with E-state index in [9.17, 15) is 14.4 Å². The largest absolute Gasteiger partial charge is 0.490 e. The van der Waals surface area contributed by atoms with Crippen LogP contribution in [-0.2, 0) is 14.4 Å². The van der Waals surface area contributed by atoms with Crippen molar-refractivity contribution in [2.24, 2.45) is 5.10 Å². The SMILES string of the molecule is C=CCOc1ccc(NC(=O)C(=O)N/N=C\c2ccc(OCC(=O)Nc3ccccc3Cl)c(Cl)c2)cc1. The number of hydrogen-bond acceptors (Lipinski definition) is 6. The van der Waals surface area contributed by atoms with E-state index in [0.717, 1.165) is 0 Å². The Morgan fingerprint density at radius 2 is 1.65 bits per heavy atom. The van der Waals surface area contributed by atoms with Crippen molar-refractivity contribution in [2.75, 3.05) is 23.8 Å². The molecule has 11 heteroatoms. The number of hydrazone groups is 1. The van der Waals surface area contributed by atoms with E-state index in [4.69, 9.17) is 32.7 Å². The van der Waals surface area contributed by atoms with Gasteiger partial charge in [-0.2, -0.15) is 5.10 Å². The quantitative estimate of drug-likeness (QED) is 0.149. The molecule has 0 unspecified atom stereocenters. The van der Waals surface area contributed by atoms with E-state index in [1.54, 1.807) is 66.7 Å². The van der Waals surface area contributed by atoms with Crippen LogP contribution in [0.4, 0.5) is 11.4 Å². The van der Waals surface area contributed by atoms with Crippen molar-refractivity contribution in [2.45, 2.75) is 0 Å². The van der Waals surface area contributed by atoms with Crippen molar-refractivity contribution >= 4 is 58.5 Å². The van der Waals surface area contributed by atoms with Crippen molar-refractivity contribution in [3.05, 3.63) is 95.0 Å². The van der Waals surface area contributed by atoms with Gasteiger partial charge in [-0.25, -0.2) is 5.43 Å². The summed E-state index contributed by atoms with van der Waals surface area (Å²) in [6.45, 7) is 3.64. The second-order valence-corrected chi connectivity index (χ2v) is 8.10. The third-order valence-corrected chi connectivity index (χ3v) is 5.15. The van der Waals surface area contributed by atoms with Crippen LogP contribution in [0, 0.1) is 0 Å². The number of carbonyl (C=O) groups excluding carboxylic acids is 3. The van der Waals surface area contributed by atoms with E-state index < -0.39 is 17.7 Å². The summed E-state index contributed by atoms with van der Waals surface area (Å²) in [4.78, 5) is 36.2. The number of ether oxygens (including phenoxy) is 2. The summed E-state index contributed by atoms with van der Waals surface area (Å²) in [6, 6.07) is 18.0. The average Bonchev–Trinajstić information content (AvgIpc) is 2.89. The monoisotopic (exact) mass is 540 g/mol. The molecule has 0 heterocycles. The maximum Gasteiger partial charge on any atom is 0.329 e. The fourth-order valence-electron chi connectivity index (χ4n) is 2.80. The minimum atomic E-state index is -0.959. The van der Waals surface area contributed by atoms with Gasteiger partial charge < -0.3 is 20.1 Å². The zero-order valence-electron chi connectivity index (χ0n) is 19.4. The highest BCUT2D eigenvalue weighted by Crippen LogP contribution is 2.25. The first kappa shape index (κ1) is 27.3. The molecule has 0 saturated carbocycles. The van der Waals surface area contributed by atoms with Gasteiger partial charge in [0.05, 0.1) is 21.9 Å². The maximum atomic E-state index is 12.1. The van der Waals surface area contributed by atoms with Gasteiger partial charge in [0, 0.05) is 5.69 Å². The molecular weight excluding hydrogens is 519 g/mol. The highest BCUT2D eigenvalue weighted by molar-refractivity contribution is 6.39. The number of rotatable bonds is 10. The molecule has 190 valence electrons. The molecule has 0 bridgehead atoms. The van der Waals surface area contributed by atoms with Crippen molar-refractivity contribution in [3.63, 3.8) is 0 Å². The summed E-state index contributed by atoms with van der Waals surface area (Å²) in [6.07, 6.45) is 2.92. The highest BCUT2D eigenvalue weighted by atomic mass is 35.5. The van der Waals surface area contributed by atoms with Crippen molar-refractivity contribution < 1.29 is 23.9 Å². The predicted octanol–water partition coefficient (Wildman–Crippen LogP) is 4.66. The normalized spacial score (nSPS) is 10.4. The Kier molecular flexibility index (Phi) is 10.1. The minimum Gasteiger partial charge on any atom is -0.490 e. The Bertz CT molecular complexity index is 1310. The van der Waals surface area contributed by atoms with Gasteiger partial charge in [-0.1, -0.05) is 48.0 Å². The smallest absolute Gasteiger partial charge is 0.329 e.